The van der Waals surface area contributed by atoms with Gasteiger partial charge in [-0.3, -0.25) is 5.43 Å². The van der Waals surface area contributed by atoms with Crippen LogP contribution < -0.4 is 16.6 Å². The third-order valence-electron chi connectivity index (χ3n) is 2.98. The Bertz CT molecular complexity index is 421. The van der Waals surface area contributed by atoms with Gasteiger partial charge in [-0.25, -0.2) is 19.6 Å². The summed E-state index contributed by atoms with van der Waals surface area (Å²) < 4.78 is 26.9. The molecule has 0 aliphatic heterocycles. The van der Waals surface area contributed by atoms with Gasteiger partial charge in [0.05, 0.1) is 6.04 Å². The molecule has 0 unspecified atom stereocenters. The summed E-state index contributed by atoms with van der Waals surface area (Å²) in [4.78, 5) is 4.31. The Hall–Kier alpha value is -1.69. The molecule has 1 aromatic rings. The van der Waals surface area contributed by atoms with Crippen LogP contribution in [0, 0.1) is 11.6 Å². The lowest BCUT2D eigenvalue weighted by Gasteiger charge is -2.12. The average Bonchev–Trinajstić information content (AvgIpc) is 2.85. The Balaban J connectivity index is 2.14. The van der Waals surface area contributed by atoms with Crippen molar-refractivity contribution in [3.8, 4) is 0 Å². The molecule has 1 fully saturated rings. The van der Waals surface area contributed by atoms with Crippen molar-refractivity contribution in [3.05, 3.63) is 29.8 Å². The molecule has 4 nitrogen and oxygen atoms in total. The number of hydrogen-bond acceptors (Lipinski definition) is 2. The summed E-state index contributed by atoms with van der Waals surface area (Å²) in [5.74, 6) is 4.14. The monoisotopic (exact) mass is 254 g/mol. The molecule has 0 aromatic heterocycles. The molecular weight excluding hydrogens is 238 g/mol. The predicted molar refractivity (Wildman–Crippen MR) is 67.0 cm³/mol. The minimum atomic E-state index is -0.677. The summed E-state index contributed by atoms with van der Waals surface area (Å²) in [6, 6.07) is 3.82. The van der Waals surface area contributed by atoms with E-state index >= 15 is 0 Å². The van der Waals surface area contributed by atoms with E-state index < -0.39 is 11.6 Å². The zero-order valence-corrected chi connectivity index (χ0v) is 9.92. The van der Waals surface area contributed by atoms with Crippen LogP contribution in [0.5, 0.6) is 0 Å². The lowest BCUT2D eigenvalue weighted by atomic mass is 10.3. The van der Waals surface area contributed by atoms with Gasteiger partial charge in [0.1, 0.15) is 17.3 Å². The van der Waals surface area contributed by atoms with E-state index in [-0.39, 0.29) is 17.7 Å². The fourth-order valence-electron chi connectivity index (χ4n) is 2.06. The molecule has 2 rings (SSSR count). The topological polar surface area (TPSA) is 62.4 Å². The van der Waals surface area contributed by atoms with Gasteiger partial charge < -0.3 is 5.32 Å². The van der Waals surface area contributed by atoms with Crippen LogP contribution in [-0.2, 0) is 0 Å². The predicted octanol–water partition coefficient (Wildman–Crippen LogP) is 2.14. The number of para-hydroxylation sites is 1. The van der Waals surface area contributed by atoms with Crippen molar-refractivity contribution in [1.29, 1.82) is 0 Å². The molecule has 0 bridgehead atoms. The maximum Gasteiger partial charge on any atom is 0.210 e. The molecule has 0 heterocycles. The highest BCUT2D eigenvalue weighted by Gasteiger charge is 2.16. The fourth-order valence-corrected chi connectivity index (χ4v) is 2.06. The van der Waals surface area contributed by atoms with E-state index in [0.29, 0.717) is 0 Å². The molecule has 0 spiro atoms. The lowest BCUT2D eigenvalue weighted by molar-refractivity contribution is 0.590. The van der Waals surface area contributed by atoms with E-state index in [0.717, 1.165) is 25.7 Å². The molecule has 1 saturated carbocycles. The van der Waals surface area contributed by atoms with E-state index in [1.54, 1.807) is 0 Å². The number of halogens is 2. The van der Waals surface area contributed by atoms with Gasteiger partial charge in [-0.15, -0.1) is 0 Å². The van der Waals surface area contributed by atoms with E-state index in [1.807, 2.05) is 0 Å². The van der Waals surface area contributed by atoms with Gasteiger partial charge in [-0.1, -0.05) is 18.9 Å². The van der Waals surface area contributed by atoms with Crippen molar-refractivity contribution in [2.75, 3.05) is 5.32 Å². The zero-order valence-electron chi connectivity index (χ0n) is 9.92. The molecule has 0 amide bonds. The first-order chi connectivity index (χ1) is 8.70. The quantitative estimate of drug-likeness (QED) is 0.328. The van der Waals surface area contributed by atoms with Gasteiger partial charge in [0.2, 0.25) is 5.96 Å². The van der Waals surface area contributed by atoms with E-state index in [4.69, 9.17) is 5.84 Å². The van der Waals surface area contributed by atoms with Gasteiger partial charge in [0, 0.05) is 0 Å². The SMILES string of the molecule is NNC(=NC1CCCC1)Nc1c(F)cccc1F. The number of hydrogen-bond donors (Lipinski definition) is 3. The van der Waals surface area contributed by atoms with Crippen LogP contribution in [0.1, 0.15) is 25.7 Å². The van der Waals surface area contributed by atoms with Crippen LogP contribution in [0.3, 0.4) is 0 Å². The first-order valence-electron chi connectivity index (χ1n) is 5.96. The average molecular weight is 254 g/mol. The molecule has 0 saturated heterocycles. The molecule has 0 radical (unpaired) electrons. The maximum atomic E-state index is 13.4. The second-order valence-corrected chi connectivity index (χ2v) is 4.28. The van der Waals surface area contributed by atoms with Crippen molar-refractivity contribution >= 4 is 11.6 Å². The summed E-state index contributed by atoms with van der Waals surface area (Å²) in [5.41, 5.74) is 2.09. The van der Waals surface area contributed by atoms with Crippen LogP contribution in [0.15, 0.2) is 23.2 Å². The maximum absolute atomic E-state index is 13.4. The number of hydrazine groups is 1. The number of aliphatic imine (C=N–C) groups is 1. The number of rotatable bonds is 2. The van der Waals surface area contributed by atoms with Crippen LogP contribution in [0.25, 0.3) is 0 Å². The standard InChI is InChI=1S/C12H16F2N4/c13-9-6-3-7-10(14)11(9)17-12(18-15)16-8-4-1-2-5-8/h3,6-8H,1-2,4-5,15H2,(H2,16,17,18). The highest BCUT2D eigenvalue weighted by Crippen LogP contribution is 2.22. The highest BCUT2D eigenvalue weighted by molar-refractivity contribution is 5.93. The molecule has 4 N–H and O–H groups in total. The van der Waals surface area contributed by atoms with Crippen molar-refractivity contribution in [1.82, 2.24) is 5.43 Å². The van der Waals surface area contributed by atoms with E-state index in [9.17, 15) is 8.78 Å². The Morgan fingerprint density at radius 1 is 1.22 bits per heavy atom. The molecular formula is C12H16F2N4. The van der Waals surface area contributed by atoms with Crippen LogP contribution in [0.2, 0.25) is 0 Å². The number of benzene rings is 1. The largest absolute Gasteiger partial charge is 0.320 e. The lowest BCUT2D eigenvalue weighted by Crippen LogP contribution is -2.37. The summed E-state index contributed by atoms with van der Waals surface area (Å²) in [6.45, 7) is 0. The van der Waals surface area contributed by atoms with Crippen molar-refractivity contribution < 1.29 is 8.78 Å². The van der Waals surface area contributed by atoms with Crippen molar-refractivity contribution in [2.24, 2.45) is 10.8 Å². The van der Waals surface area contributed by atoms with E-state index in [2.05, 4.69) is 15.7 Å². The normalized spacial score (nSPS) is 16.9. The molecule has 98 valence electrons. The molecule has 6 heteroatoms. The van der Waals surface area contributed by atoms with Gasteiger partial charge in [-0.2, -0.15) is 0 Å². The molecule has 18 heavy (non-hydrogen) atoms. The number of guanidine groups is 1. The Labute approximate surface area is 104 Å². The zero-order chi connectivity index (χ0) is 13.0. The van der Waals surface area contributed by atoms with Crippen LogP contribution >= 0.6 is 0 Å². The number of nitrogens with one attached hydrogen (secondary N) is 2. The smallest absolute Gasteiger partial charge is 0.210 e. The van der Waals surface area contributed by atoms with Gasteiger partial charge in [0.15, 0.2) is 0 Å². The first-order valence-corrected chi connectivity index (χ1v) is 5.96. The summed E-state index contributed by atoms with van der Waals surface area (Å²) in [6.07, 6.45) is 4.21. The minimum Gasteiger partial charge on any atom is -0.320 e. The Kier molecular flexibility index (Phi) is 4.09. The van der Waals surface area contributed by atoms with Crippen LogP contribution in [-0.4, -0.2) is 12.0 Å². The minimum absolute atomic E-state index is 0.165. The van der Waals surface area contributed by atoms with Gasteiger partial charge >= 0.3 is 0 Å². The van der Waals surface area contributed by atoms with Gasteiger partial charge in [-0.05, 0) is 25.0 Å². The second-order valence-electron chi connectivity index (χ2n) is 4.28. The van der Waals surface area contributed by atoms with Crippen molar-refractivity contribution in [2.45, 2.75) is 31.7 Å². The molecule has 1 aliphatic carbocycles. The molecule has 0 atom stereocenters. The van der Waals surface area contributed by atoms with Gasteiger partial charge in [0.25, 0.3) is 0 Å². The molecule has 1 aromatic carbocycles. The molecule has 1 aliphatic rings. The summed E-state index contributed by atoms with van der Waals surface area (Å²) >= 11 is 0. The highest BCUT2D eigenvalue weighted by atomic mass is 19.1. The third-order valence-corrected chi connectivity index (χ3v) is 2.98. The first kappa shape index (κ1) is 12.8. The Morgan fingerprint density at radius 2 is 1.83 bits per heavy atom. The van der Waals surface area contributed by atoms with Crippen LogP contribution in [0.4, 0.5) is 14.5 Å². The third kappa shape index (κ3) is 2.95. The number of anilines is 1. The summed E-state index contributed by atoms with van der Waals surface area (Å²) in [5, 5.41) is 2.56. The Morgan fingerprint density at radius 3 is 2.39 bits per heavy atom. The second kappa shape index (κ2) is 5.77. The fraction of sp³-hybridized carbons (Fsp3) is 0.417. The van der Waals surface area contributed by atoms with E-state index in [1.165, 1.54) is 18.2 Å². The number of nitrogens with zero attached hydrogens (tertiary/aromatic N) is 1. The number of nitrogens with two attached hydrogens (primary N) is 1. The summed E-state index contributed by atoms with van der Waals surface area (Å²) in [7, 11) is 0. The van der Waals surface area contributed by atoms with Crippen molar-refractivity contribution in [3.63, 3.8) is 0 Å².